The van der Waals surface area contributed by atoms with Crippen LogP contribution in [0.25, 0.3) is 0 Å². The molecule has 33 heavy (non-hydrogen) atoms. The van der Waals surface area contributed by atoms with E-state index in [2.05, 4.69) is 23.5 Å². The fraction of sp³-hybridized carbons (Fsp3) is 0.692. The van der Waals surface area contributed by atoms with Gasteiger partial charge in [-0.05, 0) is 88.8 Å². The molecule has 1 N–H and O–H groups in total. The zero-order valence-electron chi connectivity index (χ0n) is 20.0. The van der Waals surface area contributed by atoms with Gasteiger partial charge in [-0.2, -0.15) is 0 Å². The standard InChI is InChI=1S/C26H36N2O5/c1-25(2,3)33-24(30)28-11-9-17(10-12-28)18-7-8-20-21(14-18)27-23(29)26(20)15-19(16-26)32-22-6-4-5-13-31-22/h7-8,14,17,19,22H,4-6,9-13,15-16H2,1-3H3,(H,27,29). The summed E-state index contributed by atoms with van der Waals surface area (Å²) >= 11 is 0. The normalized spacial score (nSPS) is 30.0. The highest BCUT2D eigenvalue weighted by Gasteiger charge is 2.56. The van der Waals surface area contributed by atoms with Gasteiger partial charge in [0.25, 0.3) is 0 Å². The summed E-state index contributed by atoms with van der Waals surface area (Å²) in [6.07, 6.45) is 6.17. The van der Waals surface area contributed by atoms with Gasteiger partial charge in [-0.25, -0.2) is 4.79 Å². The smallest absolute Gasteiger partial charge is 0.410 e. The van der Waals surface area contributed by atoms with Crippen molar-refractivity contribution in [1.29, 1.82) is 0 Å². The van der Waals surface area contributed by atoms with E-state index in [1.165, 1.54) is 5.56 Å². The predicted octanol–water partition coefficient (Wildman–Crippen LogP) is 4.70. The average Bonchev–Trinajstić information content (AvgIpc) is 3.04. The van der Waals surface area contributed by atoms with Gasteiger partial charge in [0.15, 0.2) is 6.29 Å². The topological polar surface area (TPSA) is 77.1 Å². The predicted molar refractivity (Wildman–Crippen MR) is 124 cm³/mol. The van der Waals surface area contributed by atoms with Crippen molar-refractivity contribution in [1.82, 2.24) is 4.90 Å². The summed E-state index contributed by atoms with van der Waals surface area (Å²) in [4.78, 5) is 27.1. The van der Waals surface area contributed by atoms with Crippen molar-refractivity contribution in [3.8, 4) is 0 Å². The minimum atomic E-state index is -0.475. The molecule has 1 aromatic carbocycles. The summed E-state index contributed by atoms with van der Waals surface area (Å²) in [5.41, 5.74) is 2.36. The maximum absolute atomic E-state index is 12.9. The fourth-order valence-corrected chi connectivity index (χ4v) is 5.67. The molecule has 0 aromatic heterocycles. The van der Waals surface area contributed by atoms with E-state index in [0.717, 1.165) is 62.8 Å². The van der Waals surface area contributed by atoms with Gasteiger partial charge in [-0.3, -0.25) is 4.79 Å². The Morgan fingerprint density at radius 3 is 2.58 bits per heavy atom. The van der Waals surface area contributed by atoms with E-state index in [1.807, 2.05) is 20.8 Å². The molecule has 1 aliphatic carbocycles. The van der Waals surface area contributed by atoms with Crippen LogP contribution in [0.3, 0.4) is 0 Å². The number of amides is 2. The van der Waals surface area contributed by atoms with E-state index in [-0.39, 0.29) is 24.4 Å². The lowest BCUT2D eigenvalue weighted by Crippen LogP contribution is -2.51. The van der Waals surface area contributed by atoms with Crippen LogP contribution in [0.5, 0.6) is 0 Å². The number of benzene rings is 1. The van der Waals surface area contributed by atoms with Gasteiger partial charge < -0.3 is 24.4 Å². The van der Waals surface area contributed by atoms with Crippen LogP contribution in [0.1, 0.15) is 82.8 Å². The van der Waals surface area contributed by atoms with Crippen LogP contribution in [0.4, 0.5) is 10.5 Å². The lowest BCUT2D eigenvalue weighted by atomic mass is 9.63. The third-order valence-corrected chi connectivity index (χ3v) is 7.49. The monoisotopic (exact) mass is 456 g/mol. The highest BCUT2D eigenvalue weighted by Crippen LogP contribution is 2.53. The third-order valence-electron chi connectivity index (χ3n) is 7.49. The number of carbonyl (C=O) groups excluding carboxylic acids is 2. The largest absolute Gasteiger partial charge is 0.444 e. The number of rotatable bonds is 3. The average molecular weight is 457 g/mol. The summed E-state index contributed by atoms with van der Waals surface area (Å²) in [6.45, 7) is 7.83. The fourth-order valence-electron chi connectivity index (χ4n) is 5.67. The summed E-state index contributed by atoms with van der Waals surface area (Å²) in [5.74, 6) is 0.474. The number of likely N-dealkylation sites (tertiary alicyclic amines) is 1. The Bertz CT molecular complexity index is 904. The van der Waals surface area contributed by atoms with Crippen LogP contribution in [-0.4, -0.2) is 54.6 Å². The molecule has 3 heterocycles. The maximum Gasteiger partial charge on any atom is 0.410 e. The summed E-state index contributed by atoms with van der Waals surface area (Å²) in [5, 5.41) is 3.14. The second-order valence-corrected chi connectivity index (χ2v) is 11.0. The van der Waals surface area contributed by atoms with Crippen molar-refractivity contribution in [2.45, 2.75) is 95.0 Å². The number of nitrogens with zero attached hydrogens (tertiary/aromatic N) is 1. The highest BCUT2D eigenvalue weighted by atomic mass is 16.7. The first-order valence-electron chi connectivity index (χ1n) is 12.4. The van der Waals surface area contributed by atoms with Crippen LogP contribution in [-0.2, 0) is 24.4 Å². The van der Waals surface area contributed by atoms with E-state index in [4.69, 9.17) is 14.2 Å². The molecule has 3 aliphatic heterocycles. The third kappa shape index (κ3) is 4.50. The maximum atomic E-state index is 12.9. The quantitative estimate of drug-likeness (QED) is 0.714. The second-order valence-electron chi connectivity index (χ2n) is 11.0. The Morgan fingerprint density at radius 2 is 1.91 bits per heavy atom. The lowest BCUT2D eigenvalue weighted by molar-refractivity contribution is -0.212. The number of hydrogen-bond donors (Lipinski definition) is 1. The van der Waals surface area contributed by atoms with Crippen molar-refractivity contribution in [3.63, 3.8) is 0 Å². The van der Waals surface area contributed by atoms with Gasteiger partial charge in [-0.15, -0.1) is 0 Å². The highest BCUT2D eigenvalue weighted by molar-refractivity contribution is 6.07. The zero-order chi connectivity index (χ0) is 23.2. The molecule has 2 saturated heterocycles. The molecule has 1 saturated carbocycles. The first-order chi connectivity index (χ1) is 15.7. The first kappa shape index (κ1) is 22.7. The molecule has 7 nitrogen and oxygen atoms in total. The van der Waals surface area contributed by atoms with Gasteiger partial charge >= 0.3 is 6.09 Å². The number of anilines is 1. The molecule has 7 heteroatoms. The molecule has 1 spiro atoms. The zero-order valence-corrected chi connectivity index (χ0v) is 20.0. The Kier molecular flexibility index (Phi) is 5.90. The molecule has 1 unspecified atom stereocenters. The Hall–Kier alpha value is -2.12. The minimum absolute atomic E-state index is 0.0849. The van der Waals surface area contributed by atoms with Gasteiger partial charge in [0.2, 0.25) is 5.91 Å². The van der Waals surface area contributed by atoms with Crippen molar-refractivity contribution in [3.05, 3.63) is 29.3 Å². The number of piperidine rings is 1. The number of ether oxygens (including phenoxy) is 3. The van der Waals surface area contributed by atoms with Crippen molar-refractivity contribution in [2.24, 2.45) is 0 Å². The summed E-state index contributed by atoms with van der Waals surface area (Å²) in [6, 6.07) is 6.46. The van der Waals surface area contributed by atoms with Crippen LogP contribution < -0.4 is 5.32 Å². The van der Waals surface area contributed by atoms with Gasteiger partial charge in [0.1, 0.15) is 5.60 Å². The van der Waals surface area contributed by atoms with Crippen LogP contribution in [0.15, 0.2) is 18.2 Å². The number of nitrogens with one attached hydrogen (secondary N) is 1. The first-order valence-corrected chi connectivity index (χ1v) is 12.4. The minimum Gasteiger partial charge on any atom is -0.444 e. The SMILES string of the molecule is CC(C)(C)OC(=O)N1CCC(c2ccc3c(c2)NC(=O)C32CC(OC3CCCCO3)C2)CC1. The van der Waals surface area contributed by atoms with E-state index in [0.29, 0.717) is 19.0 Å². The molecule has 1 atom stereocenters. The van der Waals surface area contributed by atoms with E-state index in [9.17, 15) is 9.59 Å². The molecule has 4 aliphatic rings. The van der Waals surface area contributed by atoms with Crippen molar-refractivity contribution in [2.75, 3.05) is 25.0 Å². The van der Waals surface area contributed by atoms with Crippen molar-refractivity contribution >= 4 is 17.7 Å². The molecule has 2 amide bonds. The summed E-state index contributed by atoms with van der Waals surface area (Å²) in [7, 11) is 0. The van der Waals surface area contributed by atoms with E-state index >= 15 is 0 Å². The molecule has 180 valence electrons. The van der Waals surface area contributed by atoms with Crippen molar-refractivity contribution < 1.29 is 23.8 Å². The van der Waals surface area contributed by atoms with E-state index in [1.54, 1.807) is 4.90 Å². The van der Waals surface area contributed by atoms with Crippen LogP contribution >= 0.6 is 0 Å². The molecule has 1 aromatic rings. The molecule has 5 rings (SSSR count). The van der Waals surface area contributed by atoms with Gasteiger partial charge in [0.05, 0.1) is 11.5 Å². The lowest BCUT2D eigenvalue weighted by Gasteiger charge is -2.44. The molecule has 3 fully saturated rings. The summed E-state index contributed by atoms with van der Waals surface area (Å²) < 4.78 is 17.3. The van der Waals surface area contributed by atoms with Crippen LogP contribution in [0.2, 0.25) is 0 Å². The molecule has 0 radical (unpaired) electrons. The number of hydrogen-bond acceptors (Lipinski definition) is 5. The number of fused-ring (bicyclic) bond motifs is 2. The molecule has 0 bridgehead atoms. The van der Waals surface area contributed by atoms with Crippen LogP contribution in [0, 0.1) is 0 Å². The van der Waals surface area contributed by atoms with E-state index < -0.39 is 11.0 Å². The second kappa shape index (κ2) is 8.58. The Balaban J connectivity index is 1.20. The Labute approximate surface area is 196 Å². The Morgan fingerprint density at radius 1 is 1.15 bits per heavy atom. The van der Waals surface area contributed by atoms with Gasteiger partial charge in [-0.1, -0.05) is 12.1 Å². The molecular formula is C26H36N2O5. The van der Waals surface area contributed by atoms with Gasteiger partial charge in [0, 0.05) is 25.4 Å². The molecular weight excluding hydrogens is 420 g/mol. The number of carbonyl (C=O) groups is 2.